The van der Waals surface area contributed by atoms with Gasteiger partial charge in [0.05, 0.1) is 10.5 Å². The fourth-order valence-electron chi connectivity index (χ4n) is 1.69. The number of carbonyl (C=O) groups is 1. The van der Waals surface area contributed by atoms with Gasteiger partial charge in [-0.3, -0.25) is 15.1 Å². The van der Waals surface area contributed by atoms with Gasteiger partial charge in [-0.2, -0.15) is 0 Å². The number of aromatic nitrogens is 1. The van der Waals surface area contributed by atoms with Crippen LogP contribution in [0.5, 0.6) is 0 Å². The average Bonchev–Trinajstić information content (AvgIpc) is 2.39. The summed E-state index contributed by atoms with van der Waals surface area (Å²) in [6.45, 7) is 0. The van der Waals surface area contributed by atoms with Gasteiger partial charge in [-0.15, -0.1) is 0 Å². The molecule has 7 nitrogen and oxygen atoms in total. The van der Waals surface area contributed by atoms with Gasteiger partial charge in [0, 0.05) is 17.8 Å². The summed E-state index contributed by atoms with van der Waals surface area (Å²) >= 11 is 0. The molecule has 0 atom stereocenters. The predicted molar refractivity (Wildman–Crippen MR) is 67.7 cm³/mol. The molecule has 1 aromatic carbocycles. The van der Waals surface area contributed by atoms with Crippen LogP contribution in [0.15, 0.2) is 30.5 Å². The van der Waals surface area contributed by atoms with E-state index in [1.807, 2.05) is 0 Å². The molecule has 0 aliphatic carbocycles. The fourth-order valence-corrected chi connectivity index (χ4v) is 1.69. The molecule has 20 heavy (non-hydrogen) atoms. The van der Waals surface area contributed by atoms with Crippen molar-refractivity contribution in [2.24, 2.45) is 0 Å². The van der Waals surface area contributed by atoms with Crippen molar-refractivity contribution in [1.82, 2.24) is 4.98 Å². The lowest BCUT2D eigenvalue weighted by molar-refractivity contribution is -0.383. The van der Waals surface area contributed by atoms with E-state index in [-0.39, 0.29) is 22.5 Å². The number of benzene rings is 1. The Morgan fingerprint density at radius 1 is 1.45 bits per heavy atom. The van der Waals surface area contributed by atoms with Gasteiger partial charge in [0.25, 0.3) is 5.69 Å². The molecule has 0 saturated carbocycles. The number of hydrogen-bond acceptors (Lipinski definition) is 5. The Morgan fingerprint density at radius 3 is 2.70 bits per heavy atom. The highest BCUT2D eigenvalue weighted by atomic mass is 19.1. The second-order valence-corrected chi connectivity index (χ2v) is 3.85. The van der Waals surface area contributed by atoms with E-state index >= 15 is 0 Å². The summed E-state index contributed by atoms with van der Waals surface area (Å²) < 4.78 is 13.7. The highest BCUT2D eigenvalue weighted by Gasteiger charge is 2.22. The summed E-state index contributed by atoms with van der Waals surface area (Å²) in [6.07, 6.45) is 1.27. The third-order valence-corrected chi connectivity index (χ3v) is 2.62. The van der Waals surface area contributed by atoms with Crippen LogP contribution >= 0.6 is 0 Å². The molecule has 0 radical (unpaired) electrons. The third kappa shape index (κ3) is 2.26. The summed E-state index contributed by atoms with van der Waals surface area (Å²) in [5, 5.41) is 19.8. The van der Waals surface area contributed by atoms with Crippen LogP contribution in [0.2, 0.25) is 0 Å². The number of nitrogens with zero attached hydrogens (tertiary/aromatic N) is 2. The number of nitrogens with two attached hydrogens (primary N) is 1. The first-order chi connectivity index (χ1) is 9.41. The maximum atomic E-state index is 13.7. The van der Waals surface area contributed by atoms with Gasteiger partial charge in [-0.25, -0.2) is 9.18 Å². The van der Waals surface area contributed by atoms with Crippen LogP contribution < -0.4 is 5.73 Å². The summed E-state index contributed by atoms with van der Waals surface area (Å²) in [5.74, 6) is -2.14. The van der Waals surface area contributed by atoms with E-state index in [0.29, 0.717) is 0 Å². The van der Waals surface area contributed by atoms with Crippen molar-refractivity contribution in [1.29, 1.82) is 0 Å². The van der Waals surface area contributed by atoms with Crippen molar-refractivity contribution in [2.75, 3.05) is 5.73 Å². The minimum Gasteiger partial charge on any atom is -0.478 e. The van der Waals surface area contributed by atoms with E-state index in [9.17, 15) is 19.3 Å². The SMILES string of the molecule is Nc1c(-c2ncccc2F)cc(C(=O)O)cc1[N+](=O)[O-]. The van der Waals surface area contributed by atoms with Crippen molar-refractivity contribution < 1.29 is 19.2 Å². The largest absolute Gasteiger partial charge is 0.478 e. The Morgan fingerprint density at radius 2 is 2.15 bits per heavy atom. The molecule has 3 N–H and O–H groups in total. The van der Waals surface area contributed by atoms with Gasteiger partial charge in [-0.1, -0.05) is 0 Å². The zero-order chi connectivity index (χ0) is 14.9. The molecule has 0 amide bonds. The maximum Gasteiger partial charge on any atom is 0.335 e. The van der Waals surface area contributed by atoms with Crippen LogP contribution in [0.1, 0.15) is 10.4 Å². The molecule has 2 aromatic rings. The Bertz CT molecular complexity index is 718. The van der Waals surface area contributed by atoms with Gasteiger partial charge in [-0.05, 0) is 18.2 Å². The van der Waals surface area contributed by atoms with Crippen molar-refractivity contribution in [3.8, 4) is 11.3 Å². The standard InChI is InChI=1S/C12H8FN3O4/c13-8-2-1-3-15-11(8)7-4-6(12(17)18)5-9(10(7)14)16(19)20/h1-5H,14H2,(H,17,18). The van der Waals surface area contributed by atoms with Crippen LogP contribution in [0.4, 0.5) is 15.8 Å². The average molecular weight is 277 g/mol. The molecule has 0 saturated heterocycles. The number of carboxylic acid groups (broad SMARTS) is 1. The van der Waals surface area contributed by atoms with Crippen LogP contribution in [0, 0.1) is 15.9 Å². The van der Waals surface area contributed by atoms with E-state index in [2.05, 4.69) is 4.98 Å². The summed E-state index contributed by atoms with van der Waals surface area (Å²) in [5.41, 5.74) is 3.93. The van der Waals surface area contributed by atoms with E-state index < -0.39 is 22.4 Å². The number of nitrogen functional groups attached to an aromatic ring is 1. The van der Waals surface area contributed by atoms with Gasteiger partial charge < -0.3 is 10.8 Å². The molecule has 1 heterocycles. The zero-order valence-corrected chi connectivity index (χ0v) is 9.91. The van der Waals surface area contributed by atoms with E-state index in [4.69, 9.17) is 10.8 Å². The number of rotatable bonds is 3. The van der Waals surface area contributed by atoms with Crippen LogP contribution in [-0.2, 0) is 0 Å². The first kappa shape index (κ1) is 13.4. The number of carboxylic acids is 1. The number of hydrogen-bond donors (Lipinski definition) is 2. The van der Waals surface area contributed by atoms with Gasteiger partial charge >= 0.3 is 5.97 Å². The highest BCUT2D eigenvalue weighted by molar-refractivity contribution is 5.94. The van der Waals surface area contributed by atoms with Crippen LogP contribution in [0.3, 0.4) is 0 Å². The van der Waals surface area contributed by atoms with Crippen molar-refractivity contribution >= 4 is 17.3 Å². The van der Waals surface area contributed by atoms with E-state index in [0.717, 1.165) is 18.2 Å². The number of pyridine rings is 1. The molecule has 8 heteroatoms. The summed E-state index contributed by atoms with van der Waals surface area (Å²) in [4.78, 5) is 24.8. The minimum absolute atomic E-state index is 0.130. The number of anilines is 1. The fraction of sp³-hybridized carbons (Fsp3) is 0. The Balaban J connectivity index is 2.79. The maximum absolute atomic E-state index is 13.7. The highest BCUT2D eigenvalue weighted by Crippen LogP contribution is 2.34. The molecule has 2 rings (SSSR count). The molecule has 0 aliphatic rings. The molecular formula is C12H8FN3O4. The van der Waals surface area contributed by atoms with Crippen molar-refractivity contribution in [3.63, 3.8) is 0 Å². The van der Waals surface area contributed by atoms with Crippen molar-refractivity contribution in [3.05, 3.63) is 52.0 Å². The topological polar surface area (TPSA) is 119 Å². The molecule has 0 bridgehead atoms. The third-order valence-electron chi connectivity index (χ3n) is 2.62. The first-order valence-electron chi connectivity index (χ1n) is 5.34. The zero-order valence-electron chi connectivity index (χ0n) is 9.91. The molecule has 102 valence electrons. The lowest BCUT2D eigenvalue weighted by atomic mass is 10.0. The second-order valence-electron chi connectivity index (χ2n) is 3.85. The van der Waals surface area contributed by atoms with E-state index in [1.165, 1.54) is 12.3 Å². The lowest BCUT2D eigenvalue weighted by Gasteiger charge is -2.08. The number of nitro benzene ring substituents is 1. The number of nitro groups is 1. The van der Waals surface area contributed by atoms with Crippen LogP contribution in [0.25, 0.3) is 11.3 Å². The van der Waals surface area contributed by atoms with E-state index in [1.54, 1.807) is 0 Å². The normalized spacial score (nSPS) is 10.2. The van der Waals surface area contributed by atoms with Crippen molar-refractivity contribution in [2.45, 2.75) is 0 Å². The molecule has 1 aromatic heterocycles. The summed E-state index contributed by atoms with van der Waals surface area (Å²) in [7, 11) is 0. The minimum atomic E-state index is -1.38. The molecular weight excluding hydrogens is 269 g/mol. The van der Waals surface area contributed by atoms with Gasteiger partial charge in [0.15, 0.2) is 0 Å². The Kier molecular flexibility index (Phi) is 3.30. The second kappa shape index (κ2) is 4.92. The number of aromatic carboxylic acids is 1. The first-order valence-corrected chi connectivity index (χ1v) is 5.34. The number of halogens is 1. The predicted octanol–water partition coefficient (Wildman–Crippen LogP) is 2.08. The summed E-state index contributed by atoms with van der Waals surface area (Å²) in [6, 6.07) is 4.31. The van der Waals surface area contributed by atoms with Gasteiger partial charge in [0.1, 0.15) is 17.2 Å². The molecule has 0 unspecified atom stereocenters. The molecule has 0 spiro atoms. The Labute approximate surface area is 111 Å². The smallest absolute Gasteiger partial charge is 0.335 e. The quantitative estimate of drug-likeness (QED) is 0.503. The monoisotopic (exact) mass is 277 g/mol. The lowest BCUT2D eigenvalue weighted by Crippen LogP contribution is -2.05. The van der Waals surface area contributed by atoms with Crippen LogP contribution in [-0.4, -0.2) is 21.0 Å². The van der Waals surface area contributed by atoms with Gasteiger partial charge in [0.2, 0.25) is 0 Å². The Hall–Kier alpha value is -3.03. The molecule has 0 aliphatic heterocycles. The molecule has 0 fully saturated rings.